The Kier molecular flexibility index (Phi) is 12.7. The Labute approximate surface area is 170 Å². The van der Waals surface area contributed by atoms with Crippen molar-refractivity contribution >= 4 is 59.2 Å². The molecule has 0 atom stereocenters. The Morgan fingerprint density at radius 1 is 0.952 bits per heavy atom. The van der Waals surface area contributed by atoms with E-state index in [1.54, 1.807) is 12.1 Å². The van der Waals surface area contributed by atoms with Gasteiger partial charge in [-0.3, -0.25) is 9.79 Å². The van der Waals surface area contributed by atoms with Crippen molar-refractivity contribution in [2.24, 2.45) is 0 Å². The van der Waals surface area contributed by atoms with Crippen LogP contribution >= 0.6 is 7.82 Å². The second kappa shape index (κ2) is 12.3. The Bertz CT molecular complexity index is 416. The molecule has 0 aliphatic heterocycles. The molecular formula is C15H26KO4P. The van der Waals surface area contributed by atoms with Crippen LogP contribution in [0.15, 0.2) is 24.3 Å². The molecule has 21 heavy (non-hydrogen) atoms. The number of rotatable bonds is 10. The van der Waals surface area contributed by atoms with E-state index in [-0.39, 0.29) is 57.1 Å². The van der Waals surface area contributed by atoms with Gasteiger partial charge in [0.2, 0.25) is 0 Å². The molecule has 0 unspecified atom stereocenters. The SMILES string of the molecule is CCCCCCCCCc1ccc(OP(=O)(O)O)cc1.[KH]. The first kappa shape index (κ1) is 21.8. The molecule has 0 fully saturated rings. The topological polar surface area (TPSA) is 66.8 Å². The van der Waals surface area contributed by atoms with Crippen molar-refractivity contribution in [2.45, 2.75) is 58.3 Å². The number of hydrogen-bond acceptors (Lipinski definition) is 2. The molecule has 0 aromatic heterocycles. The summed E-state index contributed by atoms with van der Waals surface area (Å²) in [7, 11) is -4.44. The van der Waals surface area contributed by atoms with Gasteiger partial charge in [-0.2, -0.15) is 0 Å². The zero-order valence-electron chi connectivity index (χ0n) is 12.1. The quantitative estimate of drug-likeness (QED) is 0.386. The predicted octanol–water partition coefficient (Wildman–Crippen LogP) is 3.80. The van der Waals surface area contributed by atoms with Crippen LogP contribution in [0.4, 0.5) is 0 Å². The van der Waals surface area contributed by atoms with Crippen molar-refractivity contribution in [1.29, 1.82) is 0 Å². The van der Waals surface area contributed by atoms with Crippen LogP contribution < -0.4 is 4.52 Å². The normalized spacial score (nSPS) is 11.0. The average Bonchev–Trinajstić information content (AvgIpc) is 2.38. The van der Waals surface area contributed by atoms with Crippen LogP contribution in [-0.4, -0.2) is 61.2 Å². The van der Waals surface area contributed by atoms with Gasteiger partial charge < -0.3 is 4.52 Å². The van der Waals surface area contributed by atoms with E-state index in [1.165, 1.54) is 44.1 Å². The molecule has 0 saturated heterocycles. The molecule has 1 aromatic rings. The zero-order chi connectivity index (χ0) is 14.8. The van der Waals surface area contributed by atoms with Crippen LogP contribution in [0.1, 0.15) is 57.4 Å². The molecule has 0 saturated carbocycles. The minimum atomic E-state index is -4.44. The van der Waals surface area contributed by atoms with Crippen LogP contribution in [0, 0.1) is 0 Å². The Morgan fingerprint density at radius 2 is 1.48 bits per heavy atom. The number of hydrogen-bond donors (Lipinski definition) is 2. The fourth-order valence-electron chi connectivity index (χ4n) is 2.14. The fraction of sp³-hybridized carbons (Fsp3) is 0.600. The van der Waals surface area contributed by atoms with Crippen LogP contribution in [0.3, 0.4) is 0 Å². The van der Waals surface area contributed by atoms with E-state index in [2.05, 4.69) is 11.4 Å². The molecule has 2 N–H and O–H groups in total. The van der Waals surface area contributed by atoms with Crippen molar-refractivity contribution in [3.63, 3.8) is 0 Å². The van der Waals surface area contributed by atoms with E-state index >= 15 is 0 Å². The third-order valence-electron chi connectivity index (χ3n) is 3.22. The van der Waals surface area contributed by atoms with Crippen molar-refractivity contribution in [3.05, 3.63) is 29.8 Å². The zero-order valence-corrected chi connectivity index (χ0v) is 13.0. The maximum atomic E-state index is 10.7. The number of phosphoric ester groups is 1. The summed E-state index contributed by atoms with van der Waals surface area (Å²) in [6.45, 7) is 2.22. The van der Waals surface area contributed by atoms with Gasteiger partial charge in [0.25, 0.3) is 0 Å². The monoisotopic (exact) mass is 340 g/mol. The van der Waals surface area contributed by atoms with E-state index in [4.69, 9.17) is 9.79 Å². The summed E-state index contributed by atoms with van der Waals surface area (Å²) < 4.78 is 15.2. The Hall–Kier alpha value is 0.806. The van der Waals surface area contributed by atoms with Crippen molar-refractivity contribution in [3.8, 4) is 5.75 Å². The van der Waals surface area contributed by atoms with Crippen LogP contribution in [0.2, 0.25) is 0 Å². The van der Waals surface area contributed by atoms with E-state index in [9.17, 15) is 4.57 Å². The van der Waals surface area contributed by atoms with Gasteiger partial charge in [0, 0.05) is 0 Å². The van der Waals surface area contributed by atoms with Gasteiger partial charge in [0.15, 0.2) is 0 Å². The summed E-state index contributed by atoms with van der Waals surface area (Å²) in [5.41, 5.74) is 1.18. The predicted molar refractivity (Wildman–Crippen MR) is 88.0 cm³/mol. The summed E-state index contributed by atoms with van der Waals surface area (Å²) in [6, 6.07) is 6.94. The molecule has 1 rings (SSSR count). The number of benzene rings is 1. The first-order valence-corrected chi connectivity index (χ1v) is 8.88. The van der Waals surface area contributed by atoms with Gasteiger partial charge in [-0.15, -0.1) is 0 Å². The molecule has 116 valence electrons. The summed E-state index contributed by atoms with van der Waals surface area (Å²) in [6.07, 6.45) is 9.97. The van der Waals surface area contributed by atoms with Gasteiger partial charge in [-0.25, -0.2) is 4.57 Å². The van der Waals surface area contributed by atoms with Gasteiger partial charge in [0.1, 0.15) is 5.75 Å². The van der Waals surface area contributed by atoms with Gasteiger partial charge >= 0.3 is 59.2 Å². The maximum absolute atomic E-state index is 10.7. The first-order chi connectivity index (χ1) is 9.51. The van der Waals surface area contributed by atoms with Crippen LogP contribution in [0.25, 0.3) is 0 Å². The van der Waals surface area contributed by atoms with Gasteiger partial charge in [0.05, 0.1) is 0 Å². The molecule has 1 aromatic carbocycles. The van der Waals surface area contributed by atoms with Crippen molar-refractivity contribution < 1.29 is 18.9 Å². The molecule has 6 heteroatoms. The molecule has 0 radical (unpaired) electrons. The molecule has 4 nitrogen and oxygen atoms in total. The standard InChI is InChI=1S/C15H25O4P.K.H/c1-2-3-4-5-6-7-8-9-14-10-12-15(13-11-14)19-20(16,17)18;;/h10-13H,2-9H2,1H3,(H2,16,17,18);;. The summed E-state index contributed by atoms with van der Waals surface area (Å²) in [5.74, 6) is 0.210. The minimum absolute atomic E-state index is 0. The third-order valence-corrected chi connectivity index (χ3v) is 3.67. The Balaban J connectivity index is 0.00000400. The van der Waals surface area contributed by atoms with E-state index in [0.717, 1.165) is 12.8 Å². The summed E-state index contributed by atoms with van der Waals surface area (Å²) >= 11 is 0. The number of unbranched alkanes of at least 4 members (excludes halogenated alkanes) is 6. The van der Waals surface area contributed by atoms with Crippen molar-refractivity contribution in [1.82, 2.24) is 0 Å². The molecule has 0 aliphatic carbocycles. The van der Waals surface area contributed by atoms with Crippen molar-refractivity contribution in [2.75, 3.05) is 0 Å². The molecule has 0 spiro atoms. The third kappa shape index (κ3) is 12.0. The number of aryl methyl sites for hydroxylation is 1. The molecule has 0 bridgehead atoms. The average molecular weight is 340 g/mol. The second-order valence-corrected chi connectivity index (χ2v) is 6.26. The fourth-order valence-corrected chi connectivity index (χ4v) is 2.54. The molecule has 0 aliphatic rings. The molecule has 0 heterocycles. The Morgan fingerprint density at radius 3 is 2.00 bits per heavy atom. The van der Waals surface area contributed by atoms with Crippen LogP contribution in [0.5, 0.6) is 5.75 Å². The van der Waals surface area contributed by atoms with E-state index in [1.807, 2.05) is 12.1 Å². The number of phosphoric acid groups is 1. The molecule has 0 amide bonds. The molecular weight excluding hydrogens is 314 g/mol. The van der Waals surface area contributed by atoms with E-state index < -0.39 is 7.82 Å². The summed E-state index contributed by atoms with van der Waals surface area (Å²) in [4.78, 5) is 17.4. The van der Waals surface area contributed by atoms with Gasteiger partial charge in [-0.1, -0.05) is 57.6 Å². The first-order valence-electron chi connectivity index (χ1n) is 7.35. The second-order valence-electron chi connectivity index (χ2n) is 5.10. The van der Waals surface area contributed by atoms with E-state index in [0.29, 0.717) is 0 Å². The summed E-state index contributed by atoms with van der Waals surface area (Å²) in [5, 5.41) is 0. The van der Waals surface area contributed by atoms with Crippen LogP contribution in [-0.2, 0) is 11.0 Å². The van der Waals surface area contributed by atoms with Gasteiger partial charge in [-0.05, 0) is 30.5 Å².